The molecule has 0 spiro atoms. The number of carbonyl (C=O) groups is 1. The first kappa shape index (κ1) is 13.1. The highest BCUT2D eigenvalue weighted by Crippen LogP contribution is 2.01. The molecule has 0 aliphatic rings. The van der Waals surface area contributed by atoms with Crippen LogP contribution in [0, 0.1) is 3.57 Å². The van der Waals surface area contributed by atoms with Gasteiger partial charge in [0.2, 0.25) is 0 Å². The number of halogens is 1. The van der Waals surface area contributed by atoms with Gasteiger partial charge in [-0.25, -0.2) is 4.98 Å². The number of unbranched alkanes of at least 4 members (excludes halogenated alkanes) is 2. The monoisotopic (exact) mass is 336 g/mol. The first-order valence-electron chi connectivity index (χ1n) is 5.03. The zero-order chi connectivity index (χ0) is 12.0. The van der Waals surface area contributed by atoms with Gasteiger partial charge in [-0.05, 0) is 35.4 Å². The normalized spacial score (nSPS) is 10.3. The van der Waals surface area contributed by atoms with E-state index in [1.165, 1.54) is 12.5 Å². The SMILES string of the molecule is O=C(O)CCCCCn1cncc(I)c1=O. The number of carboxylic acid groups (broad SMARTS) is 1. The topological polar surface area (TPSA) is 72.2 Å². The molecule has 0 saturated heterocycles. The molecule has 0 aliphatic carbocycles. The minimum Gasteiger partial charge on any atom is -0.481 e. The lowest BCUT2D eigenvalue weighted by Gasteiger charge is -2.04. The van der Waals surface area contributed by atoms with Gasteiger partial charge >= 0.3 is 5.97 Å². The highest BCUT2D eigenvalue weighted by atomic mass is 127. The molecule has 0 saturated carbocycles. The Kier molecular flexibility index (Phi) is 5.44. The number of hydrogen-bond donors (Lipinski definition) is 1. The summed E-state index contributed by atoms with van der Waals surface area (Å²) < 4.78 is 2.16. The molecule has 0 atom stereocenters. The number of nitrogens with zero attached hydrogens (tertiary/aromatic N) is 2. The van der Waals surface area contributed by atoms with Crippen LogP contribution in [0.15, 0.2) is 17.3 Å². The zero-order valence-corrected chi connectivity index (χ0v) is 10.9. The number of aryl methyl sites for hydroxylation is 1. The third kappa shape index (κ3) is 4.30. The smallest absolute Gasteiger partial charge is 0.303 e. The number of aliphatic carboxylic acids is 1. The molecule has 0 unspecified atom stereocenters. The van der Waals surface area contributed by atoms with E-state index in [2.05, 4.69) is 4.98 Å². The van der Waals surface area contributed by atoms with Crippen molar-refractivity contribution in [1.82, 2.24) is 9.55 Å². The average molecular weight is 336 g/mol. The fourth-order valence-corrected chi connectivity index (χ4v) is 1.79. The highest BCUT2D eigenvalue weighted by molar-refractivity contribution is 14.1. The van der Waals surface area contributed by atoms with Crippen LogP contribution < -0.4 is 5.56 Å². The van der Waals surface area contributed by atoms with Crippen molar-refractivity contribution in [1.29, 1.82) is 0 Å². The predicted molar refractivity (Wildman–Crippen MR) is 67.3 cm³/mol. The van der Waals surface area contributed by atoms with Crippen LogP contribution in [-0.4, -0.2) is 20.6 Å². The first-order valence-corrected chi connectivity index (χ1v) is 6.11. The lowest BCUT2D eigenvalue weighted by Crippen LogP contribution is -2.22. The summed E-state index contributed by atoms with van der Waals surface area (Å²) in [5, 5.41) is 8.44. The molecule has 88 valence electrons. The van der Waals surface area contributed by atoms with Crippen LogP contribution in [0.4, 0.5) is 0 Å². The molecule has 0 aliphatic heterocycles. The van der Waals surface area contributed by atoms with Crippen molar-refractivity contribution in [3.63, 3.8) is 0 Å². The first-order chi connectivity index (χ1) is 7.61. The van der Waals surface area contributed by atoms with E-state index in [-0.39, 0.29) is 12.0 Å². The maximum Gasteiger partial charge on any atom is 0.303 e. The second-order valence-electron chi connectivity index (χ2n) is 3.44. The second kappa shape index (κ2) is 6.62. The van der Waals surface area contributed by atoms with Gasteiger partial charge in [-0.1, -0.05) is 6.42 Å². The third-order valence-electron chi connectivity index (χ3n) is 2.15. The van der Waals surface area contributed by atoms with Gasteiger partial charge in [-0.3, -0.25) is 14.2 Å². The van der Waals surface area contributed by atoms with Gasteiger partial charge in [0.25, 0.3) is 5.56 Å². The summed E-state index contributed by atoms with van der Waals surface area (Å²) in [5.74, 6) is -0.770. The molecule has 1 heterocycles. The van der Waals surface area contributed by atoms with Crippen molar-refractivity contribution in [2.75, 3.05) is 0 Å². The molecular weight excluding hydrogens is 323 g/mol. The van der Waals surface area contributed by atoms with E-state index < -0.39 is 5.97 Å². The van der Waals surface area contributed by atoms with Crippen LogP contribution in [0.1, 0.15) is 25.7 Å². The van der Waals surface area contributed by atoms with Crippen molar-refractivity contribution in [2.24, 2.45) is 0 Å². The van der Waals surface area contributed by atoms with E-state index in [9.17, 15) is 9.59 Å². The molecule has 1 aromatic rings. The summed E-state index contributed by atoms with van der Waals surface area (Å²) >= 11 is 1.95. The Morgan fingerprint density at radius 3 is 2.88 bits per heavy atom. The Bertz CT molecular complexity index is 417. The third-order valence-corrected chi connectivity index (χ3v) is 2.89. The Hall–Kier alpha value is -0.920. The van der Waals surface area contributed by atoms with Crippen LogP contribution in [-0.2, 0) is 11.3 Å². The maximum absolute atomic E-state index is 11.6. The Balaban J connectivity index is 2.35. The molecule has 0 aromatic carbocycles. The van der Waals surface area contributed by atoms with Crippen LogP contribution in [0.3, 0.4) is 0 Å². The zero-order valence-electron chi connectivity index (χ0n) is 8.73. The van der Waals surface area contributed by atoms with Gasteiger partial charge in [0.15, 0.2) is 0 Å². The van der Waals surface area contributed by atoms with Gasteiger partial charge in [-0.2, -0.15) is 0 Å². The van der Waals surface area contributed by atoms with E-state index in [1.54, 1.807) is 4.57 Å². The standard InChI is InChI=1S/C10H13IN2O3/c11-8-6-12-7-13(10(8)16)5-3-1-2-4-9(14)15/h6-7H,1-5H2,(H,14,15). The maximum atomic E-state index is 11.6. The molecule has 1 aromatic heterocycles. The van der Waals surface area contributed by atoms with Crippen LogP contribution in [0.5, 0.6) is 0 Å². The molecule has 6 heteroatoms. The lowest BCUT2D eigenvalue weighted by molar-refractivity contribution is -0.137. The van der Waals surface area contributed by atoms with Crippen molar-refractivity contribution < 1.29 is 9.90 Å². The van der Waals surface area contributed by atoms with Gasteiger partial charge < -0.3 is 5.11 Å². The summed E-state index contributed by atoms with van der Waals surface area (Å²) in [4.78, 5) is 25.8. The molecule has 16 heavy (non-hydrogen) atoms. The molecular formula is C10H13IN2O3. The predicted octanol–water partition coefficient (Wildman–Crippen LogP) is 1.49. The van der Waals surface area contributed by atoms with Crippen LogP contribution >= 0.6 is 22.6 Å². The van der Waals surface area contributed by atoms with E-state index in [1.807, 2.05) is 22.6 Å². The van der Waals surface area contributed by atoms with E-state index in [0.29, 0.717) is 16.5 Å². The van der Waals surface area contributed by atoms with Gasteiger partial charge in [0, 0.05) is 19.2 Å². The van der Waals surface area contributed by atoms with E-state index in [4.69, 9.17) is 5.11 Å². The average Bonchev–Trinajstić information content (AvgIpc) is 2.23. The summed E-state index contributed by atoms with van der Waals surface area (Å²) in [7, 11) is 0. The summed E-state index contributed by atoms with van der Waals surface area (Å²) in [6.07, 6.45) is 5.51. The molecule has 0 radical (unpaired) electrons. The molecule has 0 bridgehead atoms. The summed E-state index contributed by atoms with van der Waals surface area (Å²) in [6, 6.07) is 0. The van der Waals surface area contributed by atoms with E-state index in [0.717, 1.165) is 12.8 Å². The van der Waals surface area contributed by atoms with Crippen molar-refractivity contribution in [3.8, 4) is 0 Å². The molecule has 0 fully saturated rings. The summed E-state index contributed by atoms with van der Waals surface area (Å²) in [6.45, 7) is 0.599. The minimum atomic E-state index is -0.770. The van der Waals surface area contributed by atoms with Crippen molar-refractivity contribution >= 4 is 28.6 Å². The minimum absolute atomic E-state index is 0.0335. The largest absolute Gasteiger partial charge is 0.481 e. The van der Waals surface area contributed by atoms with Crippen molar-refractivity contribution in [3.05, 3.63) is 26.4 Å². The number of hydrogen-bond acceptors (Lipinski definition) is 3. The quantitative estimate of drug-likeness (QED) is 0.631. The molecule has 1 N–H and O–H groups in total. The Morgan fingerprint density at radius 1 is 1.44 bits per heavy atom. The van der Waals surface area contributed by atoms with Crippen molar-refractivity contribution in [2.45, 2.75) is 32.2 Å². The highest BCUT2D eigenvalue weighted by Gasteiger charge is 2.01. The fourth-order valence-electron chi connectivity index (χ4n) is 1.32. The van der Waals surface area contributed by atoms with Gasteiger partial charge in [0.05, 0.1) is 9.90 Å². The summed E-state index contributed by atoms with van der Waals surface area (Å²) in [5.41, 5.74) is -0.0335. The molecule has 1 rings (SSSR count). The number of rotatable bonds is 6. The van der Waals surface area contributed by atoms with Crippen LogP contribution in [0.2, 0.25) is 0 Å². The van der Waals surface area contributed by atoms with Gasteiger partial charge in [0.1, 0.15) is 0 Å². The Morgan fingerprint density at radius 2 is 2.19 bits per heavy atom. The Labute approximate surface area is 107 Å². The fraction of sp³-hybridized carbons (Fsp3) is 0.500. The second-order valence-corrected chi connectivity index (χ2v) is 4.61. The number of aromatic nitrogens is 2. The molecule has 0 amide bonds. The van der Waals surface area contributed by atoms with Crippen LogP contribution in [0.25, 0.3) is 0 Å². The van der Waals surface area contributed by atoms with E-state index >= 15 is 0 Å². The lowest BCUT2D eigenvalue weighted by atomic mass is 10.2. The van der Waals surface area contributed by atoms with Gasteiger partial charge in [-0.15, -0.1) is 0 Å². The molecule has 5 nitrogen and oxygen atoms in total. The number of carboxylic acids is 1.